The largest absolute Gasteiger partial charge is 0.491 e. The van der Waals surface area contributed by atoms with E-state index in [9.17, 15) is 4.79 Å². The van der Waals surface area contributed by atoms with Crippen LogP contribution in [0, 0.1) is 13.8 Å². The van der Waals surface area contributed by atoms with Crippen molar-refractivity contribution in [3.05, 3.63) is 64.9 Å². The minimum atomic E-state index is -0.0548. The highest BCUT2D eigenvalue weighted by atomic mass is 32.1. The number of rotatable bonds is 7. The highest BCUT2D eigenvalue weighted by Crippen LogP contribution is 2.23. The molecule has 0 saturated heterocycles. The number of benzene rings is 1. The predicted octanol–water partition coefficient (Wildman–Crippen LogP) is 3.56. The molecular formula is C20H21N3O2S. The molecule has 1 aromatic carbocycles. The molecule has 0 atom stereocenters. The summed E-state index contributed by atoms with van der Waals surface area (Å²) in [5.41, 5.74) is 4.09. The fourth-order valence-electron chi connectivity index (χ4n) is 2.55. The van der Waals surface area contributed by atoms with Crippen LogP contribution >= 0.6 is 11.3 Å². The Morgan fingerprint density at radius 2 is 2.00 bits per heavy atom. The summed E-state index contributed by atoms with van der Waals surface area (Å²) < 4.78 is 5.72. The minimum absolute atomic E-state index is 0.0548. The zero-order valence-electron chi connectivity index (χ0n) is 14.9. The molecule has 3 aromatic rings. The SMILES string of the molecule is Cc1ccc(OCCNC(=O)Cc2csc(-c3ccncc3)n2)c(C)c1. The Morgan fingerprint density at radius 3 is 2.77 bits per heavy atom. The van der Waals surface area contributed by atoms with Gasteiger partial charge in [-0.3, -0.25) is 9.78 Å². The molecule has 0 aliphatic rings. The molecular weight excluding hydrogens is 346 g/mol. The summed E-state index contributed by atoms with van der Waals surface area (Å²) in [5, 5.41) is 5.69. The number of nitrogens with one attached hydrogen (secondary N) is 1. The van der Waals surface area contributed by atoms with Gasteiger partial charge in [0.05, 0.1) is 18.7 Å². The van der Waals surface area contributed by atoms with Crippen molar-refractivity contribution in [1.29, 1.82) is 0 Å². The summed E-state index contributed by atoms with van der Waals surface area (Å²) >= 11 is 1.53. The maximum Gasteiger partial charge on any atom is 0.226 e. The Morgan fingerprint density at radius 1 is 1.19 bits per heavy atom. The summed E-state index contributed by atoms with van der Waals surface area (Å²) in [4.78, 5) is 20.6. The van der Waals surface area contributed by atoms with E-state index in [-0.39, 0.29) is 12.3 Å². The van der Waals surface area contributed by atoms with E-state index in [2.05, 4.69) is 28.3 Å². The van der Waals surface area contributed by atoms with Crippen LogP contribution in [0.1, 0.15) is 16.8 Å². The first kappa shape index (κ1) is 18.1. The third-order valence-electron chi connectivity index (χ3n) is 3.83. The van der Waals surface area contributed by atoms with Crippen LogP contribution in [0.2, 0.25) is 0 Å². The minimum Gasteiger partial charge on any atom is -0.491 e. The number of thiazole rings is 1. The van der Waals surface area contributed by atoms with Gasteiger partial charge in [-0.25, -0.2) is 4.98 Å². The molecule has 134 valence electrons. The van der Waals surface area contributed by atoms with Crippen molar-refractivity contribution in [3.8, 4) is 16.3 Å². The van der Waals surface area contributed by atoms with Gasteiger partial charge in [-0.05, 0) is 37.6 Å². The molecule has 5 nitrogen and oxygen atoms in total. The molecule has 2 aromatic heterocycles. The van der Waals surface area contributed by atoms with Gasteiger partial charge in [0.25, 0.3) is 0 Å². The van der Waals surface area contributed by atoms with Crippen LogP contribution in [0.4, 0.5) is 0 Å². The van der Waals surface area contributed by atoms with Gasteiger partial charge in [-0.2, -0.15) is 0 Å². The van der Waals surface area contributed by atoms with Gasteiger partial charge < -0.3 is 10.1 Å². The molecule has 1 amide bonds. The van der Waals surface area contributed by atoms with Gasteiger partial charge in [-0.1, -0.05) is 17.7 Å². The quantitative estimate of drug-likeness (QED) is 0.649. The van der Waals surface area contributed by atoms with Gasteiger partial charge in [0, 0.05) is 23.3 Å². The third-order valence-corrected chi connectivity index (χ3v) is 4.77. The lowest BCUT2D eigenvalue weighted by molar-refractivity contribution is -0.120. The molecule has 0 bridgehead atoms. The second kappa shape index (κ2) is 8.58. The number of pyridine rings is 1. The Kier molecular flexibility index (Phi) is 5.96. The standard InChI is InChI=1S/C20H21N3O2S/c1-14-3-4-18(15(2)11-14)25-10-9-22-19(24)12-17-13-26-20(23-17)16-5-7-21-8-6-16/h3-8,11,13H,9-10,12H2,1-2H3,(H,22,24). The number of carbonyl (C=O) groups excluding carboxylic acids is 1. The van der Waals surface area contributed by atoms with Gasteiger partial charge in [0.2, 0.25) is 5.91 Å². The predicted molar refractivity (Wildman–Crippen MR) is 103 cm³/mol. The number of ether oxygens (including phenoxy) is 1. The van der Waals surface area contributed by atoms with E-state index in [1.54, 1.807) is 12.4 Å². The average molecular weight is 367 g/mol. The smallest absolute Gasteiger partial charge is 0.226 e. The molecule has 0 spiro atoms. The van der Waals surface area contributed by atoms with Crippen molar-refractivity contribution in [3.63, 3.8) is 0 Å². The van der Waals surface area contributed by atoms with E-state index in [4.69, 9.17) is 4.74 Å². The van der Waals surface area contributed by atoms with Crippen LogP contribution in [0.25, 0.3) is 10.6 Å². The summed E-state index contributed by atoms with van der Waals surface area (Å²) in [6.45, 7) is 4.97. The molecule has 0 aliphatic carbocycles. The van der Waals surface area contributed by atoms with E-state index in [0.29, 0.717) is 13.2 Å². The van der Waals surface area contributed by atoms with E-state index >= 15 is 0 Å². The molecule has 0 radical (unpaired) electrons. The second-order valence-corrected chi connectivity index (χ2v) is 6.88. The zero-order chi connectivity index (χ0) is 18.4. The molecule has 0 saturated carbocycles. The molecule has 0 fully saturated rings. The first-order valence-electron chi connectivity index (χ1n) is 8.43. The number of hydrogen-bond donors (Lipinski definition) is 1. The number of aromatic nitrogens is 2. The molecule has 3 rings (SSSR count). The second-order valence-electron chi connectivity index (χ2n) is 6.02. The molecule has 6 heteroatoms. The summed E-state index contributed by atoms with van der Waals surface area (Å²) in [6, 6.07) is 9.88. The number of amides is 1. The zero-order valence-corrected chi connectivity index (χ0v) is 15.7. The topological polar surface area (TPSA) is 64.1 Å². The maximum absolute atomic E-state index is 12.1. The summed E-state index contributed by atoms with van der Waals surface area (Å²) in [5.74, 6) is 0.798. The first-order valence-corrected chi connectivity index (χ1v) is 9.31. The summed E-state index contributed by atoms with van der Waals surface area (Å²) in [7, 11) is 0. The van der Waals surface area contributed by atoms with Crippen molar-refractivity contribution < 1.29 is 9.53 Å². The molecule has 2 heterocycles. The van der Waals surface area contributed by atoms with Crippen LogP contribution in [0.3, 0.4) is 0 Å². The van der Waals surface area contributed by atoms with Gasteiger partial charge in [-0.15, -0.1) is 11.3 Å². The Bertz CT molecular complexity index is 878. The summed E-state index contributed by atoms with van der Waals surface area (Å²) in [6.07, 6.45) is 3.74. The number of nitrogens with zero attached hydrogens (tertiary/aromatic N) is 2. The lowest BCUT2D eigenvalue weighted by atomic mass is 10.1. The number of aryl methyl sites for hydroxylation is 2. The van der Waals surface area contributed by atoms with E-state index in [1.807, 2.05) is 36.6 Å². The van der Waals surface area contributed by atoms with Gasteiger partial charge in [0.1, 0.15) is 17.4 Å². The van der Waals surface area contributed by atoms with Crippen LogP contribution in [0.5, 0.6) is 5.75 Å². The maximum atomic E-state index is 12.1. The molecule has 26 heavy (non-hydrogen) atoms. The van der Waals surface area contributed by atoms with Crippen molar-refractivity contribution in [2.75, 3.05) is 13.2 Å². The van der Waals surface area contributed by atoms with Crippen LogP contribution in [-0.4, -0.2) is 29.0 Å². The first-order chi connectivity index (χ1) is 12.6. The van der Waals surface area contributed by atoms with Crippen molar-refractivity contribution in [2.24, 2.45) is 0 Å². The molecule has 0 unspecified atom stereocenters. The van der Waals surface area contributed by atoms with E-state index < -0.39 is 0 Å². The van der Waals surface area contributed by atoms with Gasteiger partial charge >= 0.3 is 0 Å². The lowest BCUT2D eigenvalue weighted by Crippen LogP contribution is -2.29. The normalized spacial score (nSPS) is 10.5. The fourth-order valence-corrected chi connectivity index (χ4v) is 3.38. The monoisotopic (exact) mass is 367 g/mol. The highest BCUT2D eigenvalue weighted by Gasteiger charge is 2.09. The van der Waals surface area contributed by atoms with Gasteiger partial charge in [0.15, 0.2) is 0 Å². The van der Waals surface area contributed by atoms with Crippen LogP contribution in [0.15, 0.2) is 48.1 Å². The van der Waals surface area contributed by atoms with E-state index in [1.165, 1.54) is 16.9 Å². The molecule has 1 N–H and O–H groups in total. The van der Waals surface area contributed by atoms with Crippen LogP contribution in [-0.2, 0) is 11.2 Å². The van der Waals surface area contributed by atoms with E-state index in [0.717, 1.165) is 27.6 Å². The Balaban J connectivity index is 1.44. The number of hydrogen-bond acceptors (Lipinski definition) is 5. The van der Waals surface area contributed by atoms with Crippen molar-refractivity contribution in [1.82, 2.24) is 15.3 Å². The van der Waals surface area contributed by atoms with Crippen LogP contribution < -0.4 is 10.1 Å². The fraction of sp³-hybridized carbons (Fsp3) is 0.250. The average Bonchev–Trinajstić information content (AvgIpc) is 3.09. The molecule has 0 aliphatic heterocycles. The third kappa shape index (κ3) is 4.89. The number of carbonyl (C=O) groups is 1. The Labute approximate surface area is 157 Å². The Hall–Kier alpha value is -2.73. The van der Waals surface area contributed by atoms with Crippen molar-refractivity contribution >= 4 is 17.2 Å². The van der Waals surface area contributed by atoms with Crippen molar-refractivity contribution in [2.45, 2.75) is 20.3 Å². The lowest BCUT2D eigenvalue weighted by Gasteiger charge is -2.10. The highest BCUT2D eigenvalue weighted by molar-refractivity contribution is 7.13.